The molecule has 2 aromatic rings. The van der Waals surface area contributed by atoms with Crippen molar-refractivity contribution in [3.63, 3.8) is 0 Å². The highest BCUT2D eigenvalue weighted by Gasteiger charge is 2.26. The van der Waals surface area contributed by atoms with Crippen LogP contribution in [0.15, 0.2) is 33.4 Å². The molecule has 1 atom stereocenters. The molecule has 1 saturated heterocycles. The molecule has 3 rings (SSSR count). The third-order valence-electron chi connectivity index (χ3n) is 4.17. The molecule has 1 aliphatic rings. The molecule has 1 fully saturated rings. The van der Waals surface area contributed by atoms with Gasteiger partial charge in [0.25, 0.3) is 0 Å². The van der Waals surface area contributed by atoms with Crippen molar-refractivity contribution in [1.82, 2.24) is 15.0 Å². The summed E-state index contributed by atoms with van der Waals surface area (Å²) in [6, 6.07) is 5.41. The highest BCUT2D eigenvalue weighted by atomic mass is 16.5. The summed E-state index contributed by atoms with van der Waals surface area (Å²) in [5, 5.41) is 6.59. The first kappa shape index (κ1) is 15.8. The molecule has 7 heteroatoms. The van der Waals surface area contributed by atoms with Crippen molar-refractivity contribution in [2.24, 2.45) is 0 Å². The van der Waals surface area contributed by atoms with Crippen molar-refractivity contribution in [3.05, 3.63) is 36.0 Å². The fraction of sp³-hybridized carbons (Fsp3) is 0.500. The first-order valence-electron chi connectivity index (χ1n) is 7.85. The predicted octanol–water partition coefficient (Wildman–Crippen LogP) is 1.72. The van der Waals surface area contributed by atoms with Gasteiger partial charge in [-0.25, -0.2) is 0 Å². The minimum atomic E-state index is -0.197. The fourth-order valence-corrected chi connectivity index (χ4v) is 2.75. The van der Waals surface area contributed by atoms with Crippen LogP contribution < -0.4 is 5.32 Å². The summed E-state index contributed by atoms with van der Waals surface area (Å²) in [6.45, 7) is 8.08. The monoisotopic (exact) mass is 318 g/mol. The zero-order valence-corrected chi connectivity index (χ0v) is 13.5. The standard InChI is InChI=1S/C16H22N4O3/c1-12-10-15(18-23-12)17-16(21)13(2)20-7-5-19(6-8-20)11-14-4-3-9-22-14/h3-4,9-10,13H,5-8,11H2,1-2H3,(H,17,18,21)/t13-/m0/s1. The lowest BCUT2D eigenvalue weighted by atomic mass is 10.2. The molecule has 124 valence electrons. The van der Waals surface area contributed by atoms with Crippen LogP contribution in [0.1, 0.15) is 18.4 Å². The third-order valence-corrected chi connectivity index (χ3v) is 4.17. The van der Waals surface area contributed by atoms with E-state index in [0.29, 0.717) is 11.6 Å². The van der Waals surface area contributed by atoms with E-state index in [4.69, 9.17) is 8.94 Å². The molecule has 7 nitrogen and oxygen atoms in total. The van der Waals surface area contributed by atoms with Gasteiger partial charge in [-0.3, -0.25) is 14.6 Å². The number of piperazine rings is 1. The Balaban J connectivity index is 1.47. The summed E-state index contributed by atoms with van der Waals surface area (Å²) >= 11 is 0. The second-order valence-electron chi connectivity index (χ2n) is 5.88. The number of carbonyl (C=O) groups is 1. The van der Waals surface area contributed by atoms with E-state index in [0.717, 1.165) is 38.5 Å². The summed E-state index contributed by atoms with van der Waals surface area (Å²) in [7, 11) is 0. The smallest absolute Gasteiger partial charge is 0.242 e. The van der Waals surface area contributed by atoms with Gasteiger partial charge in [-0.15, -0.1) is 0 Å². The molecule has 1 N–H and O–H groups in total. The number of hydrogen-bond acceptors (Lipinski definition) is 6. The van der Waals surface area contributed by atoms with Crippen molar-refractivity contribution in [2.75, 3.05) is 31.5 Å². The Morgan fingerprint density at radius 2 is 2.17 bits per heavy atom. The Bertz CT molecular complexity index is 630. The highest BCUT2D eigenvalue weighted by molar-refractivity contribution is 5.93. The normalized spacial score (nSPS) is 18.0. The Kier molecular flexibility index (Phi) is 4.78. The molecule has 0 unspecified atom stereocenters. The Morgan fingerprint density at radius 3 is 2.78 bits per heavy atom. The number of aryl methyl sites for hydroxylation is 1. The van der Waals surface area contributed by atoms with E-state index in [1.54, 1.807) is 19.3 Å². The molecule has 23 heavy (non-hydrogen) atoms. The molecule has 0 bridgehead atoms. The lowest BCUT2D eigenvalue weighted by molar-refractivity contribution is -0.121. The van der Waals surface area contributed by atoms with Crippen molar-refractivity contribution in [3.8, 4) is 0 Å². The van der Waals surface area contributed by atoms with Crippen LogP contribution in [0, 0.1) is 6.92 Å². The maximum atomic E-state index is 12.3. The number of nitrogens with one attached hydrogen (secondary N) is 1. The van der Waals surface area contributed by atoms with Crippen LogP contribution in [0.5, 0.6) is 0 Å². The van der Waals surface area contributed by atoms with Crippen molar-refractivity contribution in [2.45, 2.75) is 26.4 Å². The number of furan rings is 1. The van der Waals surface area contributed by atoms with E-state index < -0.39 is 0 Å². The Hall–Kier alpha value is -2.12. The van der Waals surface area contributed by atoms with Crippen molar-refractivity contribution in [1.29, 1.82) is 0 Å². The number of amides is 1. The van der Waals surface area contributed by atoms with Crippen LogP contribution in [-0.4, -0.2) is 53.1 Å². The van der Waals surface area contributed by atoms with Crippen molar-refractivity contribution >= 4 is 11.7 Å². The fourth-order valence-electron chi connectivity index (χ4n) is 2.75. The molecule has 0 aliphatic carbocycles. The molecule has 2 aromatic heterocycles. The van der Waals surface area contributed by atoms with E-state index in [2.05, 4.69) is 20.3 Å². The molecule has 0 aromatic carbocycles. The average molecular weight is 318 g/mol. The largest absolute Gasteiger partial charge is 0.468 e. The maximum absolute atomic E-state index is 12.3. The quantitative estimate of drug-likeness (QED) is 0.905. The second kappa shape index (κ2) is 6.97. The van der Waals surface area contributed by atoms with Gasteiger partial charge in [-0.05, 0) is 26.0 Å². The number of carbonyl (C=O) groups excluding carboxylic acids is 1. The molecule has 0 saturated carbocycles. The summed E-state index contributed by atoms with van der Waals surface area (Å²) in [5.41, 5.74) is 0. The van der Waals surface area contributed by atoms with Gasteiger partial charge < -0.3 is 14.3 Å². The minimum Gasteiger partial charge on any atom is -0.468 e. The van der Waals surface area contributed by atoms with Gasteiger partial charge in [-0.2, -0.15) is 0 Å². The Morgan fingerprint density at radius 1 is 1.39 bits per heavy atom. The maximum Gasteiger partial charge on any atom is 0.242 e. The lowest BCUT2D eigenvalue weighted by Gasteiger charge is -2.36. The lowest BCUT2D eigenvalue weighted by Crippen LogP contribution is -2.52. The summed E-state index contributed by atoms with van der Waals surface area (Å²) < 4.78 is 10.3. The molecule has 3 heterocycles. The van der Waals surface area contributed by atoms with Crippen molar-refractivity contribution < 1.29 is 13.7 Å². The van der Waals surface area contributed by atoms with Gasteiger partial charge in [0, 0.05) is 32.2 Å². The summed E-state index contributed by atoms with van der Waals surface area (Å²) in [6.07, 6.45) is 1.70. The average Bonchev–Trinajstić information content (AvgIpc) is 3.19. The third kappa shape index (κ3) is 4.00. The number of aromatic nitrogens is 1. The highest BCUT2D eigenvalue weighted by Crippen LogP contribution is 2.13. The van der Waals surface area contributed by atoms with E-state index in [1.807, 2.05) is 19.1 Å². The molecule has 0 spiro atoms. The summed E-state index contributed by atoms with van der Waals surface area (Å²) in [4.78, 5) is 16.8. The van der Waals surface area contributed by atoms with Gasteiger partial charge >= 0.3 is 0 Å². The van der Waals surface area contributed by atoms with Gasteiger partial charge in [0.05, 0.1) is 18.8 Å². The van der Waals surface area contributed by atoms with Crippen LogP contribution in [0.4, 0.5) is 5.82 Å². The van der Waals surface area contributed by atoms with Crippen LogP contribution in [0.25, 0.3) is 0 Å². The second-order valence-corrected chi connectivity index (χ2v) is 5.88. The van der Waals surface area contributed by atoms with Crippen LogP contribution in [0.3, 0.4) is 0 Å². The van der Waals surface area contributed by atoms with E-state index in [9.17, 15) is 4.79 Å². The van der Waals surface area contributed by atoms with Gasteiger partial charge in [0.2, 0.25) is 5.91 Å². The zero-order valence-electron chi connectivity index (χ0n) is 13.5. The van der Waals surface area contributed by atoms with Gasteiger partial charge in [-0.1, -0.05) is 5.16 Å². The van der Waals surface area contributed by atoms with Crippen LogP contribution in [-0.2, 0) is 11.3 Å². The molecule has 0 radical (unpaired) electrons. The molecule has 1 aliphatic heterocycles. The molecule has 1 amide bonds. The molecular formula is C16H22N4O3. The SMILES string of the molecule is Cc1cc(NC(=O)[C@H](C)N2CCN(Cc3ccco3)CC2)no1. The molecular weight excluding hydrogens is 296 g/mol. The number of anilines is 1. The number of rotatable bonds is 5. The first-order chi connectivity index (χ1) is 11.1. The van der Waals surface area contributed by atoms with Crippen LogP contribution >= 0.6 is 0 Å². The first-order valence-corrected chi connectivity index (χ1v) is 7.85. The van der Waals surface area contributed by atoms with E-state index in [-0.39, 0.29) is 11.9 Å². The minimum absolute atomic E-state index is 0.0576. The van der Waals surface area contributed by atoms with Gasteiger partial charge in [0.1, 0.15) is 11.5 Å². The summed E-state index contributed by atoms with van der Waals surface area (Å²) in [5.74, 6) is 2.07. The van der Waals surface area contributed by atoms with Crippen LogP contribution in [0.2, 0.25) is 0 Å². The van der Waals surface area contributed by atoms with E-state index in [1.165, 1.54) is 0 Å². The predicted molar refractivity (Wildman–Crippen MR) is 84.9 cm³/mol. The zero-order chi connectivity index (χ0) is 16.2. The number of nitrogens with zero attached hydrogens (tertiary/aromatic N) is 3. The van der Waals surface area contributed by atoms with E-state index >= 15 is 0 Å². The Labute approximate surface area is 135 Å². The van der Waals surface area contributed by atoms with Gasteiger partial charge in [0.15, 0.2) is 5.82 Å². The number of hydrogen-bond donors (Lipinski definition) is 1. The topological polar surface area (TPSA) is 74.8 Å².